The minimum Gasteiger partial charge on any atom is -0.258 e. The van der Waals surface area contributed by atoms with E-state index in [2.05, 4.69) is 5.10 Å². The Bertz CT molecular complexity index is 925. The molecule has 0 radical (unpaired) electrons. The fourth-order valence-electron chi connectivity index (χ4n) is 2.50. The third kappa shape index (κ3) is 3.64. The molecule has 2 aromatic carbocycles. The minimum atomic E-state index is -3.86. The van der Waals surface area contributed by atoms with Gasteiger partial charge in [0.15, 0.2) is 0 Å². The summed E-state index contributed by atoms with van der Waals surface area (Å²) in [5, 5.41) is 15.6. The number of sulfonamides is 1. The van der Waals surface area contributed by atoms with Crippen molar-refractivity contribution in [2.45, 2.75) is 17.7 Å². The molecule has 0 fully saturated rings. The molecule has 0 bridgehead atoms. The van der Waals surface area contributed by atoms with Crippen LogP contribution < -0.4 is 0 Å². The Balaban J connectivity index is 1.92. The van der Waals surface area contributed by atoms with Crippen LogP contribution in [-0.2, 0) is 10.0 Å². The zero-order chi connectivity index (χ0) is 18.0. The standard InChI is InChI=1S/C16H14ClN3O4S/c17-13-5-3-12(4-6-13)16-2-1-11-19(18-16)25(23,24)15-9-7-14(8-10-15)20(21)22/h3-10H,1-2,11H2. The van der Waals surface area contributed by atoms with Crippen LogP contribution in [0.4, 0.5) is 5.69 Å². The summed E-state index contributed by atoms with van der Waals surface area (Å²) in [6.07, 6.45) is 1.29. The highest BCUT2D eigenvalue weighted by atomic mass is 35.5. The van der Waals surface area contributed by atoms with Crippen LogP contribution in [-0.4, -0.2) is 30.0 Å². The van der Waals surface area contributed by atoms with Gasteiger partial charge in [0.1, 0.15) is 0 Å². The lowest BCUT2D eigenvalue weighted by Crippen LogP contribution is -2.32. The van der Waals surface area contributed by atoms with Crippen LogP contribution >= 0.6 is 11.6 Å². The molecular weight excluding hydrogens is 366 g/mol. The molecule has 0 amide bonds. The Morgan fingerprint density at radius 2 is 1.72 bits per heavy atom. The zero-order valence-corrected chi connectivity index (χ0v) is 14.6. The third-order valence-electron chi connectivity index (χ3n) is 3.80. The number of nitro benzene ring substituents is 1. The average Bonchev–Trinajstić information content (AvgIpc) is 2.62. The van der Waals surface area contributed by atoms with E-state index in [0.29, 0.717) is 23.6 Å². The van der Waals surface area contributed by atoms with Gasteiger partial charge in [-0.05, 0) is 42.7 Å². The van der Waals surface area contributed by atoms with Gasteiger partial charge in [0.05, 0.1) is 22.1 Å². The molecule has 0 N–H and O–H groups in total. The maximum absolute atomic E-state index is 12.7. The highest BCUT2D eigenvalue weighted by Gasteiger charge is 2.27. The fourth-order valence-corrected chi connectivity index (χ4v) is 3.92. The lowest BCUT2D eigenvalue weighted by molar-refractivity contribution is -0.384. The van der Waals surface area contributed by atoms with Crippen LogP contribution in [0.15, 0.2) is 58.5 Å². The minimum absolute atomic E-state index is 0.0285. The van der Waals surface area contributed by atoms with Crippen molar-refractivity contribution in [3.05, 3.63) is 69.2 Å². The molecule has 2 aromatic rings. The highest BCUT2D eigenvalue weighted by Crippen LogP contribution is 2.24. The average molecular weight is 380 g/mol. The molecule has 25 heavy (non-hydrogen) atoms. The number of halogens is 1. The van der Waals surface area contributed by atoms with Gasteiger partial charge in [-0.25, -0.2) is 0 Å². The lowest BCUT2D eigenvalue weighted by Gasteiger charge is -2.25. The number of hydrogen-bond donors (Lipinski definition) is 0. The molecule has 0 atom stereocenters. The van der Waals surface area contributed by atoms with E-state index in [0.717, 1.165) is 9.98 Å². The van der Waals surface area contributed by atoms with E-state index in [-0.39, 0.29) is 17.1 Å². The van der Waals surface area contributed by atoms with E-state index >= 15 is 0 Å². The van der Waals surface area contributed by atoms with E-state index in [1.54, 1.807) is 24.3 Å². The van der Waals surface area contributed by atoms with Gasteiger partial charge in [0, 0.05) is 17.2 Å². The third-order valence-corrected chi connectivity index (χ3v) is 5.73. The van der Waals surface area contributed by atoms with E-state index < -0.39 is 14.9 Å². The van der Waals surface area contributed by atoms with Crippen LogP contribution in [0, 0.1) is 10.1 Å². The fraction of sp³-hybridized carbons (Fsp3) is 0.188. The summed E-state index contributed by atoms with van der Waals surface area (Å²) in [6.45, 7) is 0.260. The monoisotopic (exact) mass is 379 g/mol. The Morgan fingerprint density at radius 1 is 1.08 bits per heavy atom. The van der Waals surface area contributed by atoms with Crippen molar-refractivity contribution in [2.75, 3.05) is 6.54 Å². The number of hydrazone groups is 1. The first-order valence-corrected chi connectivity index (χ1v) is 9.30. The smallest absolute Gasteiger partial charge is 0.258 e. The van der Waals surface area contributed by atoms with Gasteiger partial charge in [0.25, 0.3) is 15.7 Å². The van der Waals surface area contributed by atoms with E-state index in [4.69, 9.17) is 11.6 Å². The molecule has 1 aliphatic rings. The topological polar surface area (TPSA) is 92.9 Å². The maximum Gasteiger partial charge on any atom is 0.279 e. The van der Waals surface area contributed by atoms with Crippen LogP contribution in [0.5, 0.6) is 0 Å². The number of nitro groups is 1. The largest absolute Gasteiger partial charge is 0.279 e. The van der Waals surface area contributed by atoms with Gasteiger partial charge < -0.3 is 0 Å². The summed E-state index contributed by atoms with van der Waals surface area (Å²) >= 11 is 5.87. The van der Waals surface area contributed by atoms with Crippen molar-refractivity contribution in [3.8, 4) is 0 Å². The molecule has 1 heterocycles. The van der Waals surface area contributed by atoms with Crippen molar-refractivity contribution in [2.24, 2.45) is 5.10 Å². The second-order valence-corrected chi connectivity index (χ2v) is 7.74. The SMILES string of the molecule is O=[N+]([O-])c1ccc(S(=O)(=O)N2CCCC(c3ccc(Cl)cc3)=N2)cc1. The first kappa shape index (κ1) is 17.4. The molecule has 3 rings (SSSR count). The molecule has 7 nitrogen and oxygen atoms in total. The zero-order valence-electron chi connectivity index (χ0n) is 13.0. The Hall–Kier alpha value is -2.45. The molecule has 0 saturated carbocycles. The van der Waals surface area contributed by atoms with Crippen LogP contribution in [0.2, 0.25) is 5.02 Å². The number of rotatable bonds is 4. The van der Waals surface area contributed by atoms with Crippen LogP contribution in [0.25, 0.3) is 0 Å². The predicted octanol–water partition coefficient (Wildman–Crippen LogP) is 3.44. The number of hydrogen-bond acceptors (Lipinski definition) is 5. The summed E-state index contributed by atoms with van der Waals surface area (Å²) < 4.78 is 26.5. The van der Waals surface area contributed by atoms with Crippen molar-refractivity contribution in [3.63, 3.8) is 0 Å². The summed E-state index contributed by atoms with van der Waals surface area (Å²) in [7, 11) is -3.86. The van der Waals surface area contributed by atoms with Crippen LogP contribution in [0.3, 0.4) is 0 Å². The Morgan fingerprint density at radius 3 is 2.32 bits per heavy atom. The summed E-state index contributed by atoms with van der Waals surface area (Å²) in [5.74, 6) is 0. The lowest BCUT2D eigenvalue weighted by atomic mass is 10.1. The van der Waals surface area contributed by atoms with Crippen LogP contribution in [0.1, 0.15) is 18.4 Å². The molecule has 130 valence electrons. The molecule has 0 spiro atoms. The van der Waals surface area contributed by atoms with Gasteiger partial charge in [-0.2, -0.15) is 17.9 Å². The van der Waals surface area contributed by atoms with Crippen molar-refractivity contribution in [1.29, 1.82) is 0 Å². The van der Waals surface area contributed by atoms with Gasteiger partial charge in [0.2, 0.25) is 0 Å². The molecule has 0 aromatic heterocycles. The summed E-state index contributed by atoms with van der Waals surface area (Å²) in [6, 6.07) is 11.8. The molecule has 0 saturated heterocycles. The van der Waals surface area contributed by atoms with Crippen molar-refractivity contribution in [1.82, 2.24) is 4.41 Å². The quantitative estimate of drug-likeness (QED) is 0.600. The second kappa shape index (κ2) is 6.81. The number of non-ortho nitro benzene ring substituents is 1. The summed E-state index contributed by atoms with van der Waals surface area (Å²) in [4.78, 5) is 10.1. The van der Waals surface area contributed by atoms with Crippen molar-refractivity contribution < 1.29 is 13.3 Å². The van der Waals surface area contributed by atoms with E-state index in [1.165, 1.54) is 24.3 Å². The predicted molar refractivity (Wildman–Crippen MR) is 94.2 cm³/mol. The molecule has 0 unspecified atom stereocenters. The first-order valence-electron chi connectivity index (χ1n) is 7.48. The van der Waals surface area contributed by atoms with Gasteiger partial charge >= 0.3 is 0 Å². The Kier molecular flexibility index (Phi) is 4.73. The van der Waals surface area contributed by atoms with Gasteiger partial charge in [-0.3, -0.25) is 10.1 Å². The normalized spacial score (nSPS) is 14.9. The first-order chi connectivity index (χ1) is 11.9. The molecule has 0 aliphatic carbocycles. The summed E-state index contributed by atoms with van der Waals surface area (Å²) in [5.41, 5.74) is 1.31. The number of nitrogens with zero attached hydrogens (tertiary/aromatic N) is 3. The molecule has 1 aliphatic heterocycles. The number of benzene rings is 2. The van der Waals surface area contributed by atoms with Gasteiger partial charge in [-0.15, -0.1) is 0 Å². The van der Waals surface area contributed by atoms with E-state index in [1.807, 2.05) is 0 Å². The Labute approximate surface area is 149 Å². The second-order valence-electron chi connectivity index (χ2n) is 5.46. The van der Waals surface area contributed by atoms with Crippen molar-refractivity contribution >= 4 is 33.0 Å². The molecule has 9 heteroatoms. The maximum atomic E-state index is 12.7. The molecular formula is C16H14ClN3O4S. The highest BCUT2D eigenvalue weighted by molar-refractivity contribution is 7.89. The van der Waals surface area contributed by atoms with E-state index in [9.17, 15) is 18.5 Å². The van der Waals surface area contributed by atoms with Gasteiger partial charge in [-0.1, -0.05) is 23.7 Å².